The fourth-order valence-corrected chi connectivity index (χ4v) is 1.29. The number of methoxy groups -OCH3 is 1. The van der Waals surface area contributed by atoms with E-state index in [2.05, 4.69) is 0 Å². The lowest BCUT2D eigenvalue weighted by Gasteiger charge is -2.09. The largest absolute Gasteiger partial charge is 0.372 e. The molecule has 0 amide bonds. The molecule has 0 saturated heterocycles. The molecule has 0 radical (unpaired) electrons. The molecule has 1 aromatic rings. The van der Waals surface area contributed by atoms with Crippen LogP contribution in [0.1, 0.15) is 10.4 Å². The maximum atomic E-state index is 11.6. The quantitative estimate of drug-likeness (QED) is 0.547. The van der Waals surface area contributed by atoms with E-state index in [4.69, 9.17) is 16.3 Å². The summed E-state index contributed by atoms with van der Waals surface area (Å²) in [6.45, 7) is 0. The van der Waals surface area contributed by atoms with Crippen LogP contribution in [0.25, 0.3) is 0 Å². The Morgan fingerprint density at radius 1 is 1.46 bits per heavy atom. The van der Waals surface area contributed by atoms with Gasteiger partial charge in [0.2, 0.25) is 0 Å². The summed E-state index contributed by atoms with van der Waals surface area (Å²) in [5.74, 6) is 0.114. The van der Waals surface area contributed by atoms with Crippen molar-refractivity contribution in [1.82, 2.24) is 0 Å². The Labute approximate surface area is 82.5 Å². The number of hydrogen-bond donors (Lipinski definition) is 0. The molecule has 0 saturated carbocycles. The molecule has 0 heterocycles. The summed E-state index contributed by atoms with van der Waals surface area (Å²) in [7, 11) is 1.48. The number of ketones is 1. The summed E-state index contributed by atoms with van der Waals surface area (Å²) in [6.07, 6.45) is -0.538. The van der Waals surface area contributed by atoms with E-state index in [0.29, 0.717) is 5.56 Å². The molecule has 0 aromatic heterocycles. The Balaban J connectivity index is 2.78. The van der Waals surface area contributed by atoms with Crippen molar-refractivity contribution in [2.45, 2.75) is 6.10 Å². The van der Waals surface area contributed by atoms with Crippen LogP contribution in [0.3, 0.4) is 0 Å². The number of alkyl halides is 1. The first-order valence-electron chi connectivity index (χ1n) is 3.97. The standard InChI is InChI=1S/C10H11ClO2/c1-13-9(7-11)10(12)8-5-3-2-4-6-8/h2-6,9H,7H2,1H3. The van der Waals surface area contributed by atoms with Gasteiger partial charge in [-0.15, -0.1) is 11.6 Å². The van der Waals surface area contributed by atoms with Crippen LogP contribution in [-0.4, -0.2) is 24.9 Å². The Hall–Kier alpha value is -0.860. The summed E-state index contributed by atoms with van der Waals surface area (Å²) < 4.78 is 4.93. The zero-order valence-corrected chi connectivity index (χ0v) is 8.12. The lowest BCUT2D eigenvalue weighted by atomic mass is 10.1. The highest BCUT2D eigenvalue weighted by Crippen LogP contribution is 2.06. The average molecular weight is 199 g/mol. The van der Waals surface area contributed by atoms with Crippen molar-refractivity contribution in [1.29, 1.82) is 0 Å². The van der Waals surface area contributed by atoms with Crippen LogP contribution in [0.4, 0.5) is 0 Å². The summed E-state index contributed by atoms with van der Waals surface area (Å²) in [5, 5.41) is 0. The predicted molar refractivity (Wildman–Crippen MR) is 52.3 cm³/mol. The molecular weight excluding hydrogens is 188 g/mol. The van der Waals surface area contributed by atoms with Gasteiger partial charge in [-0.25, -0.2) is 0 Å². The van der Waals surface area contributed by atoms with Gasteiger partial charge in [-0.05, 0) is 0 Å². The monoisotopic (exact) mass is 198 g/mol. The highest BCUT2D eigenvalue weighted by molar-refractivity contribution is 6.20. The number of benzene rings is 1. The van der Waals surface area contributed by atoms with Crippen LogP contribution >= 0.6 is 11.6 Å². The minimum Gasteiger partial charge on any atom is -0.372 e. The molecule has 70 valence electrons. The lowest BCUT2D eigenvalue weighted by Crippen LogP contribution is -2.24. The molecule has 1 unspecified atom stereocenters. The van der Waals surface area contributed by atoms with Crippen molar-refractivity contribution in [3.8, 4) is 0 Å². The van der Waals surface area contributed by atoms with Gasteiger partial charge in [0.05, 0.1) is 5.88 Å². The van der Waals surface area contributed by atoms with E-state index < -0.39 is 6.10 Å². The van der Waals surface area contributed by atoms with Crippen LogP contribution in [0, 0.1) is 0 Å². The van der Waals surface area contributed by atoms with E-state index >= 15 is 0 Å². The first kappa shape index (κ1) is 10.2. The molecular formula is C10H11ClO2. The molecule has 1 rings (SSSR count). The Kier molecular flexibility index (Phi) is 3.93. The molecule has 0 aliphatic rings. The maximum Gasteiger partial charge on any atom is 0.192 e. The van der Waals surface area contributed by atoms with E-state index in [9.17, 15) is 4.79 Å². The van der Waals surface area contributed by atoms with Crippen LogP contribution in [0.2, 0.25) is 0 Å². The van der Waals surface area contributed by atoms with Crippen LogP contribution in [0.5, 0.6) is 0 Å². The van der Waals surface area contributed by atoms with Gasteiger partial charge in [0.15, 0.2) is 5.78 Å². The third-order valence-corrected chi connectivity index (χ3v) is 2.06. The summed E-state index contributed by atoms with van der Waals surface area (Å²) in [4.78, 5) is 11.6. The topological polar surface area (TPSA) is 26.3 Å². The molecule has 0 bridgehead atoms. The number of ether oxygens (including phenoxy) is 1. The van der Waals surface area contributed by atoms with Gasteiger partial charge < -0.3 is 4.74 Å². The summed E-state index contributed by atoms with van der Waals surface area (Å²) in [5.41, 5.74) is 0.634. The molecule has 2 nitrogen and oxygen atoms in total. The average Bonchev–Trinajstić information content (AvgIpc) is 2.21. The molecule has 0 aliphatic carbocycles. The molecule has 0 N–H and O–H groups in total. The van der Waals surface area contributed by atoms with Crippen molar-refractivity contribution in [3.05, 3.63) is 35.9 Å². The first-order valence-corrected chi connectivity index (χ1v) is 4.51. The number of Topliss-reactive ketones (excluding diaryl/α,β-unsaturated/α-hetero) is 1. The minimum absolute atomic E-state index is 0.0712. The number of rotatable bonds is 4. The zero-order valence-electron chi connectivity index (χ0n) is 7.37. The molecule has 1 aromatic carbocycles. The second-order valence-corrected chi connectivity index (χ2v) is 2.92. The van der Waals surface area contributed by atoms with Gasteiger partial charge in [-0.2, -0.15) is 0 Å². The lowest BCUT2D eigenvalue weighted by molar-refractivity contribution is 0.0664. The molecule has 13 heavy (non-hydrogen) atoms. The Morgan fingerprint density at radius 2 is 2.08 bits per heavy atom. The highest BCUT2D eigenvalue weighted by Gasteiger charge is 2.17. The third-order valence-electron chi connectivity index (χ3n) is 1.78. The molecule has 3 heteroatoms. The second-order valence-electron chi connectivity index (χ2n) is 2.61. The SMILES string of the molecule is COC(CCl)C(=O)c1ccccc1. The van der Waals surface area contributed by atoms with E-state index in [0.717, 1.165) is 0 Å². The van der Waals surface area contributed by atoms with Gasteiger partial charge in [-0.3, -0.25) is 4.79 Å². The fraction of sp³-hybridized carbons (Fsp3) is 0.300. The van der Waals surface area contributed by atoms with Gasteiger partial charge in [0.1, 0.15) is 6.10 Å². The predicted octanol–water partition coefficient (Wildman–Crippen LogP) is 2.12. The van der Waals surface area contributed by atoms with Gasteiger partial charge in [0.25, 0.3) is 0 Å². The number of carbonyl (C=O) groups is 1. The van der Waals surface area contributed by atoms with E-state index in [1.54, 1.807) is 12.1 Å². The van der Waals surface area contributed by atoms with Gasteiger partial charge in [0, 0.05) is 12.7 Å². The smallest absolute Gasteiger partial charge is 0.192 e. The van der Waals surface area contributed by atoms with Crippen molar-refractivity contribution in [3.63, 3.8) is 0 Å². The second kappa shape index (κ2) is 5.00. The van der Waals surface area contributed by atoms with Crippen LogP contribution in [0.15, 0.2) is 30.3 Å². The van der Waals surface area contributed by atoms with Crippen molar-refractivity contribution >= 4 is 17.4 Å². The van der Waals surface area contributed by atoms with E-state index in [1.807, 2.05) is 18.2 Å². The molecule has 0 aliphatic heterocycles. The Bertz CT molecular complexity index is 268. The highest BCUT2D eigenvalue weighted by atomic mass is 35.5. The minimum atomic E-state index is -0.538. The van der Waals surface area contributed by atoms with E-state index in [1.165, 1.54) is 7.11 Å². The number of hydrogen-bond acceptors (Lipinski definition) is 2. The van der Waals surface area contributed by atoms with Crippen molar-refractivity contribution in [2.24, 2.45) is 0 Å². The van der Waals surface area contributed by atoms with Crippen molar-refractivity contribution < 1.29 is 9.53 Å². The third kappa shape index (κ3) is 2.54. The normalized spacial score (nSPS) is 12.5. The summed E-state index contributed by atoms with van der Waals surface area (Å²) in [6, 6.07) is 8.99. The van der Waals surface area contributed by atoms with Gasteiger partial charge >= 0.3 is 0 Å². The first-order chi connectivity index (χ1) is 6.29. The van der Waals surface area contributed by atoms with Crippen molar-refractivity contribution in [2.75, 3.05) is 13.0 Å². The Morgan fingerprint density at radius 3 is 2.54 bits per heavy atom. The van der Waals surface area contributed by atoms with Gasteiger partial charge in [-0.1, -0.05) is 30.3 Å². The summed E-state index contributed by atoms with van der Waals surface area (Å²) >= 11 is 5.57. The van der Waals surface area contributed by atoms with Crippen LogP contribution in [-0.2, 0) is 4.74 Å². The molecule has 0 spiro atoms. The van der Waals surface area contributed by atoms with E-state index in [-0.39, 0.29) is 11.7 Å². The number of halogens is 1. The number of carbonyl (C=O) groups excluding carboxylic acids is 1. The molecule has 1 atom stereocenters. The maximum absolute atomic E-state index is 11.6. The molecule has 0 fully saturated rings. The van der Waals surface area contributed by atoms with Crippen LogP contribution < -0.4 is 0 Å². The zero-order chi connectivity index (χ0) is 9.68. The fourth-order valence-electron chi connectivity index (χ4n) is 1.03.